The molecule has 0 heterocycles. The minimum absolute atomic E-state index is 0.0605. The second-order valence-electron chi connectivity index (χ2n) is 9.72. The maximum absolute atomic E-state index is 14.9. The van der Waals surface area contributed by atoms with Crippen LogP contribution in [0.25, 0.3) is 0 Å². The second kappa shape index (κ2) is 14.3. The van der Waals surface area contributed by atoms with Crippen molar-refractivity contribution >= 4 is 39.1 Å². The summed E-state index contributed by atoms with van der Waals surface area (Å²) in [6.45, 7) is 2.83. The number of nitrogens with one attached hydrogen (secondary N) is 1. The summed E-state index contributed by atoms with van der Waals surface area (Å²) in [5.41, 5.74) is 1.02. The number of rotatable bonds is 13. The standard InChI is InChI=1S/C30H35ClFN3O5S/c1-5-21(2)33-30(37)27(17-22-11-7-6-8-12-22)34(19-23-13-9-10-14-25(23)32)29(36)20-35(41(4,38)39)26-18-24(31)15-16-28(26)40-3/h6-16,18,21,27H,5,17,19-20H2,1-4H3,(H,33,37). The van der Waals surface area contributed by atoms with E-state index in [1.807, 2.05) is 44.2 Å². The van der Waals surface area contributed by atoms with Gasteiger partial charge < -0.3 is 15.0 Å². The highest BCUT2D eigenvalue weighted by Gasteiger charge is 2.34. The van der Waals surface area contributed by atoms with Gasteiger partial charge in [-0.15, -0.1) is 0 Å². The Morgan fingerprint density at radius 3 is 2.32 bits per heavy atom. The van der Waals surface area contributed by atoms with E-state index in [0.717, 1.165) is 16.1 Å². The minimum Gasteiger partial charge on any atom is -0.495 e. The maximum Gasteiger partial charge on any atom is 0.244 e. The molecule has 0 fully saturated rings. The van der Waals surface area contributed by atoms with Crippen LogP contribution in [0.5, 0.6) is 5.75 Å². The highest BCUT2D eigenvalue weighted by molar-refractivity contribution is 7.92. The Bertz CT molecular complexity index is 1460. The van der Waals surface area contributed by atoms with Gasteiger partial charge in [0.1, 0.15) is 24.2 Å². The van der Waals surface area contributed by atoms with Crippen LogP contribution in [0.15, 0.2) is 72.8 Å². The third-order valence-corrected chi connectivity index (χ3v) is 8.02. The Kier molecular flexibility index (Phi) is 11.1. The molecule has 3 aromatic rings. The van der Waals surface area contributed by atoms with Crippen LogP contribution in [-0.4, -0.2) is 57.1 Å². The molecule has 0 aliphatic carbocycles. The van der Waals surface area contributed by atoms with Crippen LogP contribution in [0.1, 0.15) is 31.4 Å². The van der Waals surface area contributed by atoms with E-state index < -0.39 is 40.2 Å². The SMILES string of the molecule is CCC(C)NC(=O)C(Cc1ccccc1)N(Cc1ccccc1F)C(=O)CN(c1cc(Cl)ccc1OC)S(C)(=O)=O. The van der Waals surface area contributed by atoms with Crippen molar-refractivity contribution in [2.75, 3.05) is 24.2 Å². The molecular formula is C30H35ClFN3O5S. The van der Waals surface area contributed by atoms with Crippen molar-refractivity contribution in [3.8, 4) is 5.75 Å². The largest absolute Gasteiger partial charge is 0.495 e. The number of hydrogen-bond donors (Lipinski definition) is 1. The highest BCUT2D eigenvalue weighted by atomic mass is 35.5. The summed E-state index contributed by atoms with van der Waals surface area (Å²) >= 11 is 6.17. The molecule has 220 valence electrons. The normalized spacial score (nSPS) is 12.7. The third-order valence-electron chi connectivity index (χ3n) is 6.66. The van der Waals surface area contributed by atoms with E-state index in [1.54, 1.807) is 6.07 Å². The molecule has 0 saturated carbocycles. The fraction of sp³-hybridized carbons (Fsp3) is 0.333. The predicted octanol–water partition coefficient (Wildman–Crippen LogP) is 4.81. The van der Waals surface area contributed by atoms with Crippen LogP contribution >= 0.6 is 11.6 Å². The van der Waals surface area contributed by atoms with Gasteiger partial charge in [0.05, 0.1) is 19.1 Å². The lowest BCUT2D eigenvalue weighted by atomic mass is 10.0. The zero-order chi connectivity index (χ0) is 30.2. The monoisotopic (exact) mass is 603 g/mol. The van der Waals surface area contributed by atoms with Crippen LogP contribution < -0.4 is 14.4 Å². The number of carbonyl (C=O) groups is 2. The summed E-state index contributed by atoms with van der Waals surface area (Å²) in [5.74, 6) is -1.51. The molecule has 11 heteroatoms. The summed E-state index contributed by atoms with van der Waals surface area (Å²) in [6, 6.07) is 18.2. The Morgan fingerprint density at radius 1 is 1.05 bits per heavy atom. The molecule has 0 bridgehead atoms. The lowest BCUT2D eigenvalue weighted by molar-refractivity contribution is -0.140. The summed E-state index contributed by atoms with van der Waals surface area (Å²) in [7, 11) is -2.66. The van der Waals surface area contributed by atoms with E-state index in [-0.39, 0.29) is 41.0 Å². The van der Waals surface area contributed by atoms with E-state index in [9.17, 15) is 22.4 Å². The van der Waals surface area contributed by atoms with Crippen LogP contribution in [0.4, 0.5) is 10.1 Å². The molecule has 3 aromatic carbocycles. The molecule has 0 spiro atoms. The van der Waals surface area contributed by atoms with Gasteiger partial charge in [0.2, 0.25) is 21.8 Å². The smallest absolute Gasteiger partial charge is 0.244 e. The number of amides is 2. The topological polar surface area (TPSA) is 96.0 Å². The van der Waals surface area contributed by atoms with E-state index in [4.69, 9.17) is 16.3 Å². The minimum atomic E-state index is -4.03. The fourth-order valence-electron chi connectivity index (χ4n) is 4.26. The van der Waals surface area contributed by atoms with Gasteiger partial charge in [0.25, 0.3) is 0 Å². The van der Waals surface area contributed by atoms with Gasteiger partial charge in [0.15, 0.2) is 0 Å². The Labute approximate surface area is 246 Å². The number of benzene rings is 3. The molecule has 2 unspecified atom stereocenters. The fourth-order valence-corrected chi connectivity index (χ4v) is 5.27. The van der Waals surface area contributed by atoms with Crippen molar-refractivity contribution in [1.29, 1.82) is 0 Å². The maximum atomic E-state index is 14.9. The molecule has 2 amide bonds. The van der Waals surface area contributed by atoms with E-state index >= 15 is 0 Å². The van der Waals surface area contributed by atoms with Crippen LogP contribution in [-0.2, 0) is 32.6 Å². The molecule has 0 aromatic heterocycles. The predicted molar refractivity (Wildman–Crippen MR) is 159 cm³/mol. The highest BCUT2D eigenvalue weighted by Crippen LogP contribution is 2.33. The average molecular weight is 604 g/mol. The Hall–Kier alpha value is -3.63. The van der Waals surface area contributed by atoms with E-state index in [2.05, 4.69) is 5.32 Å². The molecule has 2 atom stereocenters. The van der Waals surface area contributed by atoms with Gasteiger partial charge in [0, 0.05) is 29.6 Å². The summed E-state index contributed by atoms with van der Waals surface area (Å²) < 4.78 is 47.0. The molecule has 8 nitrogen and oxygen atoms in total. The van der Waals surface area contributed by atoms with Crippen molar-refractivity contribution in [3.63, 3.8) is 0 Å². The second-order valence-corrected chi connectivity index (χ2v) is 12.1. The van der Waals surface area contributed by atoms with Gasteiger partial charge in [-0.2, -0.15) is 0 Å². The van der Waals surface area contributed by atoms with Crippen LogP contribution in [0.2, 0.25) is 5.02 Å². The first-order valence-corrected chi connectivity index (χ1v) is 15.4. The molecule has 3 rings (SSSR count). The zero-order valence-corrected chi connectivity index (χ0v) is 25.1. The molecule has 0 aliphatic heterocycles. The summed E-state index contributed by atoms with van der Waals surface area (Å²) in [5, 5.41) is 3.17. The summed E-state index contributed by atoms with van der Waals surface area (Å²) in [4.78, 5) is 29.0. The Balaban J connectivity index is 2.11. The first kappa shape index (κ1) is 31.9. The lowest BCUT2D eigenvalue weighted by Crippen LogP contribution is -2.54. The summed E-state index contributed by atoms with van der Waals surface area (Å²) in [6.07, 6.45) is 1.74. The molecule has 41 heavy (non-hydrogen) atoms. The van der Waals surface area contributed by atoms with Crippen molar-refractivity contribution in [1.82, 2.24) is 10.2 Å². The quantitative estimate of drug-likeness (QED) is 0.303. The molecular weight excluding hydrogens is 569 g/mol. The number of sulfonamides is 1. The number of ether oxygens (including phenoxy) is 1. The number of methoxy groups -OCH3 is 1. The van der Waals surface area contributed by atoms with Crippen molar-refractivity contribution in [2.45, 2.75) is 45.3 Å². The first-order valence-electron chi connectivity index (χ1n) is 13.1. The van der Waals surface area contributed by atoms with E-state index in [0.29, 0.717) is 6.42 Å². The lowest BCUT2D eigenvalue weighted by Gasteiger charge is -2.34. The molecule has 0 saturated heterocycles. The average Bonchev–Trinajstić information content (AvgIpc) is 2.94. The van der Waals surface area contributed by atoms with Gasteiger partial charge in [-0.3, -0.25) is 13.9 Å². The van der Waals surface area contributed by atoms with Gasteiger partial charge in [-0.1, -0.05) is 67.1 Å². The van der Waals surface area contributed by atoms with Crippen LogP contribution in [0, 0.1) is 5.82 Å². The number of nitrogens with zero attached hydrogens (tertiary/aromatic N) is 2. The van der Waals surface area contributed by atoms with Crippen molar-refractivity contribution < 1.29 is 27.1 Å². The number of hydrogen-bond acceptors (Lipinski definition) is 5. The van der Waals surface area contributed by atoms with Gasteiger partial charge >= 0.3 is 0 Å². The number of carbonyl (C=O) groups excluding carboxylic acids is 2. The third kappa shape index (κ3) is 8.68. The van der Waals surface area contributed by atoms with Crippen LogP contribution in [0.3, 0.4) is 0 Å². The Morgan fingerprint density at radius 2 is 1.71 bits per heavy atom. The van der Waals surface area contributed by atoms with Gasteiger partial charge in [-0.25, -0.2) is 12.8 Å². The zero-order valence-electron chi connectivity index (χ0n) is 23.5. The van der Waals surface area contributed by atoms with E-state index in [1.165, 1.54) is 48.4 Å². The number of halogens is 2. The molecule has 0 aliphatic rings. The number of anilines is 1. The first-order chi connectivity index (χ1) is 19.4. The molecule has 1 N–H and O–H groups in total. The van der Waals surface area contributed by atoms with Gasteiger partial charge in [-0.05, 0) is 43.2 Å². The molecule has 0 radical (unpaired) electrons. The van der Waals surface area contributed by atoms with Crippen molar-refractivity contribution in [2.24, 2.45) is 0 Å². The van der Waals surface area contributed by atoms with Crippen molar-refractivity contribution in [3.05, 3.63) is 94.8 Å².